The van der Waals surface area contributed by atoms with Gasteiger partial charge < -0.3 is 5.11 Å². The molecule has 4 aliphatic rings. The summed E-state index contributed by atoms with van der Waals surface area (Å²) in [6, 6.07) is 2.41. The van der Waals surface area contributed by atoms with Crippen LogP contribution < -0.4 is 0 Å². The van der Waals surface area contributed by atoms with Gasteiger partial charge in [0.2, 0.25) is 0 Å². The van der Waals surface area contributed by atoms with Crippen LogP contribution >= 0.6 is 0 Å². The van der Waals surface area contributed by atoms with Crippen molar-refractivity contribution in [2.24, 2.45) is 34.0 Å². The summed E-state index contributed by atoms with van der Waals surface area (Å²) in [5.74, 6) is 1.69. The molecular formula is C25H37NO. The average molecular weight is 368 g/mol. The lowest BCUT2D eigenvalue weighted by atomic mass is 9.46. The fourth-order valence-electron chi connectivity index (χ4n) is 7.86. The number of aliphatic hydroxyl groups excluding tert-OH is 1. The van der Waals surface area contributed by atoms with Crippen LogP contribution in [0.2, 0.25) is 0 Å². The van der Waals surface area contributed by atoms with Crippen LogP contribution in [0.5, 0.6) is 0 Å². The Labute approximate surface area is 165 Å². The van der Waals surface area contributed by atoms with Crippen molar-refractivity contribution in [3.8, 4) is 6.07 Å². The summed E-state index contributed by atoms with van der Waals surface area (Å²) in [5, 5.41) is 19.9. The van der Waals surface area contributed by atoms with Gasteiger partial charge in [-0.25, -0.2) is 0 Å². The zero-order chi connectivity index (χ0) is 19.6. The molecule has 1 fully saturated rings. The zero-order valence-electron chi connectivity index (χ0n) is 17.9. The van der Waals surface area contributed by atoms with Crippen LogP contribution in [0.4, 0.5) is 0 Å². The van der Waals surface area contributed by atoms with Crippen molar-refractivity contribution in [1.82, 2.24) is 0 Å². The molecular weight excluding hydrogens is 330 g/mol. The minimum absolute atomic E-state index is 0.0141. The van der Waals surface area contributed by atoms with Crippen LogP contribution in [0.1, 0.15) is 86.0 Å². The number of nitriles is 1. The number of fused-ring (bicyclic) bond motifs is 4. The molecule has 4 rings (SSSR count). The van der Waals surface area contributed by atoms with Gasteiger partial charge in [-0.2, -0.15) is 5.26 Å². The molecule has 0 bridgehead atoms. The lowest BCUT2D eigenvalue weighted by Gasteiger charge is -2.59. The molecule has 2 nitrogen and oxygen atoms in total. The second-order valence-corrected chi connectivity index (χ2v) is 11.1. The maximum absolute atomic E-state index is 10.7. The van der Waals surface area contributed by atoms with Gasteiger partial charge in [-0.05, 0) is 90.1 Å². The van der Waals surface area contributed by atoms with E-state index in [1.165, 1.54) is 25.7 Å². The van der Waals surface area contributed by atoms with Gasteiger partial charge in [-0.1, -0.05) is 46.3 Å². The molecule has 148 valence electrons. The highest BCUT2D eigenvalue weighted by Crippen LogP contribution is 2.66. The Morgan fingerprint density at radius 3 is 2.59 bits per heavy atom. The number of nitrogens with zero attached hydrogens (tertiary/aromatic N) is 1. The van der Waals surface area contributed by atoms with E-state index in [2.05, 4.69) is 46.8 Å². The summed E-state index contributed by atoms with van der Waals surface area (Å²) in [6.45, 7) is 11.9. The van der Waals surface area contributed by atoms with E-state index in [9.17, 15) is 10.4 Å². The molecule has 0 heterocycles. The lowest BCUT2D eigenvalue weighted by Crippen LogP contribution is -2.53. The molecule has 0 aliphatic heterocycles. The zero-order valence-corrected chi connectivity index (χ0v) is 17.9. The second-order valence-electron chi connectivity index (χ2n) is 11.1. The van der Waals surface area contributed by atoms with E-state index >= 15 is 0 Å². The van der Waals surface area contributed by atoms with Crippen LogP contribution in [0.3, 0.4) is 0 Å². The molecule has 0 saturated heterocycles. The highest BCUT2D eigenvalue weighted by Gasteiger charge is 2.57. The van der Waals surface area contributed by atoms with Gasteiger partial charge >= 0.3 is 0 Å². The number of aliphatic hydroxyl groups is 1. The molecule has 4 aliphatic carbocycles. The minimum Gasteiger partial charge on any atom is -0.393 e. The van der Waals surface area contributed by atoms with Crippen molar-refractivity contribution in [3.63, 3.8) is 0 Å². The van der Waals surface area contributed by atoms with E-state index in [4.69, 9.17) is 0 Å². The molecule has 0 amide bonds. The Morgan fingerprint density at radius 1 is 1.15 bits per heavy atom. The molecule has 1 N–H and O–H groups in total. The van der Waals surface area contributed by atoms with Crippen LogP contribution in [-0.4, -0.2) is 11.2 Å². The number of rotatable bonds is 2. The minimum atomic E-state index is -0.159. The molecule has 1 unspecified atom stereocenters. The SMILES string of the molecule is C[C@@H](CC#N)[C@H]1CC=C2C3=C(CC[C@@]21C)[C@@]1(C)CC[C@H](O)C(C)(C)C1CC3. The standard InChI is InChI=1S/C25H37NO/c1-16(12-15-26)18-7-8-19-17-6-9-21-23(2,3)22(27)11-14-25(21,5)20(17)10-13-24(18,19)4/h8,16,18,21-22,27H,6-7,9-14H2,1-5H3/t16-,18+,21?,22-,24+,25+/m0/s1. The Hall–Kier alpha value is -1.07. The molecule has 0 aromatic carbocycles. The van der Waals surface area contributed by atoms with E-state index in [0.717, 1.165) is 19.3 Å². The van der Waals surface area contributed by atoms with Crippen molar-refractivity contribution < 1.29 is 5.11 Å². The summed E-state index contributed by atoms with van der Waals surface area (Å²) in [6.07, 6.45) is 11.1. The first-order valence-electron chi connectivity index (χ1n) is 11.1. The van der Waals surface area contributed by atoms with Crippen molar-refractivity contribution >= 4 is 0 Å². The van der Waals surface area contributed by atoms with E-state index in [-0.39, 0.29) is 22.3 Å². The Balaban J connectivity index is 1.71. The smallest absolute Gasteiger partial charge is 0.0624 e. The molecule has 6 atom stereocenters. The van der Waals surface area contributed by atoms with Crippen LogP contribution in [-0.2, 0) is 0 Å². The molecule has 1 saturated carbocycles. The van der Waals surface area contributed by atoms with Gasteiger partial charge in [0.25, 0.3) is 0 Å². The third-order valence-electron chi connectivity index (χ3n) is 9.53. The van der Waals surface area contributed by atoms with Crippen LogP contribution in [0, 0.1) is 45.3 Å². The van der Waals surface area contributed by atoms with Gasteiger partial charge in [0.1, 0.15) is 0 Å². The van der Waals surface area contributed by atoms with Gasteiger partial charge in [-0.3, -0.25) is 0 Å². The summed E-state index contributed by atoms with van der Waals surface area (Å²) < 4.78 is 0. The molecule has 0 spiro atoms. The summed E-state index contributed by atoms with van der Waals surface area (Å²) in [5.41, 5.74) is 5.59. The Kier molecular flexibility index (Phi) is 4.43. The Bertz CT molecular complexity index is 738. The third-order valence-corrected chi connectivity index (χ3v) is 9.53. The van der Waals surface area contributed by atoms with Crippen LogP contribution in [0.15, 0.2) is 22.8 Å². The second kappa shape index (κ2) is 6.21. The predicted octanol–water partition coefficient (Wildman–Crippen LogP) is 6.18. The average Bonchev–Trinajstić information content (AvgIpc) is 2.96. The van der Waals surface area contributed by atoms with Gasteiger partial charge in [-0.15, -0.1) is 0 Å². The fraction of sp³-hybridized carbons (Fsp3) is 0.800. The number of hydrogen-bond donors (Lipinski definition) is 1. The third kappa shape index (κ3) is 2.53. The van der Waals surface area contributed by atoms with Crippen molar-refractivity contribution in [1.29, 1.82) is 5.26 Å². The van der Waals surface area contributed by atoms with Crippen molar-refractivity contribution in [2.75, 3.05) is 0 Å². The van der Waals surface area contributed by atoms with Gasteiger partial charge in [0.15, 0.2) is 0 Å². The molecule has 0 aromatic rings. The maximum Gasteiger partial charge on any atom is 0.0624 e. The number of hydrogen-bond acceptors (Lipinski definition) is 2. The van der Waals surface area contributed by atoms with Crippen molar-refractivity contribution in [3.05, 3.63) is 22.8 Å². The van der Waals surface area contributed by atoms with E-state index < -0.39 is 0 Å². The van der Waals surface area contributed by atoms with E-state index in [0.29, 0.717) is 24.2 Å². The molecule has 0 radical (unpaired) electrons. The lowest BCUT2D eigenvalue weighted by molar-refractivity contribution is -0.0905. The highest BCUT2D eigenvalue weighted by atomic mass is 16.3. The van der Waals surface area contributed by atoms with Gasteiger partial charge in [0.05, 0.1) is 12.2 Å². The molecule has 0 aromatic heterocycles. The summed E-state index contributed by atoms with van der Waals surface area (Å²) in [7, 11) is 0. The monoisotopic (exact) mass is 367 g/mol. The topological polar surface area (TPSA) is 44.0 Å². The predicted molar refractivity (Wildman–Crippen MR) is 110 cm³/mol. The molecule has 2 heteroatoms. The van der Waals surface area contributed by atoms with Gasteiger partial charge in [0, 0.05) is 6.42 Å². The quantitative estimate of drug-likeness (QED) is 0.633. The first-order chi connectivity index (χ1) is 12.7. The normalized spacial score (nSPS) is 43.9. The summed E-state index contributed by atoms with van der Waals surface area (Å²) >= 11 is 0. The highest BCUT2D eigenvalue weighted by molar-refractivity contribution is 5.49. The van der Waals surface area contributed by atoms with Crippen LogP contribution in [0.25, 0.3) is 0 Å². The fourth-order valence-corrected chi connectivity index (χ4v) is 7.86. The Morgan fingerprint density at radius 2 is 1.89 bits per heavy atom. The molecule has 27 heavy (non-hydrogen) atoms. The van der Waals surface area contributed by atoms with E-state index in [1.54, 1.807) is 16.7 Å². The van der Waals surface area contributed by atoms with Crippen molar-refractivity contribution in [2.45, 2.75) is 92.1 Å². The summed E-state index contributed by atoms with van der Waals surface area (Å²) in [4.78, 5) is 0. The largest absolute Gasteiger partial charge is 0.393 e. The first kappa shape index (κ1) is 19.3. The first-order valence-corrected chi connectivity index (χ1v) is 11.1. The maximum atomic E-state index is 10.7. The number of allylic oxidation sites excluding steroid dienone is 4. The van der Waals surface area contributed by atoms with E-state index in [1.807, 2.05) is 0 Å².